The fraction of sp³-hybridized carbons (Fsp3) is 0.800. The number of rotatable bonds is 18. The Morgan fingerprint density at radius 3 is 2.21 bits per heavy atom. The van der Waals surface area contributed by atoms with E-state index in [-0.39, 0.29) is 18.0 Å². The zero-order valence-corrected chi connectivity index (χ0v) is 26.3. The molecule has 1 saturated carbocycles. The summed E-state index contributed by atoms with van der Waals surface area (Å²) in [6, 6.07) is 0. The number of ether oxygens (including phenoxy) is 5. The minimum Gasteiger partial charge on any atom is -0.475 e. The molecule has 3 unspecified atom stereocenters. The Kier molecular flexibility index (Phi) is 13.7. The molecule has 7 heteroatoms. The Morgan fingerprint density at radius 2 is 1.57 bits per heavy atom. The number of carboxylic acid groups (broad SMARTS) is 1. The van der Waals surface area contributed by atoms with Gasteiger partial charge in [0.25, 0.3) is 0 Å². The van der Waals surface area contributed by atoms with Crippen molar-refractivity contribution in [3.05, 3.63) is 35.3 Å². The number of hydrogen-bond acceptors (Lipinski definition) is 6. The zero-order chi connectivity index (χ0) is 29.7. The van der Waals surface area contributed by atoms with Crippen LogP contribution in [-0.2, 0) is 28.5 Å². The summed E-state index contributed by atoms with van der Waals surface area (Å²) >= 11 is 0. The van der Waals surface area contributed by atoms with Gasteiger partial charge in [0.2, 0.25) is 5.76 Å². The summed E-state index contributed by atoms with van der Waals surface area (Å²) in [7, 11) is 0. The SMILES string of the molecule is C=C1CC[C@H](CCCCCCCCC=C(C)C)[C@H]1C[C@H]1OC1CC(OC1CCCCO1)=C(OC1CCCCO1)C(=O)O. The minimum atomic E-state index is -1.13. The molecule has 4 rings (SSSR count). The van der Waals surface area contributed by atoms with E-state index in [0.29, 0.717) is 43.7 Å². The van der Waals surface area contributed by atoms with Crippen molar-refractivity contribution < 1.29 is 33.6 Å². The topological polar surface area (TPSA) is 86.8 Å². The van der Waals surface area contributed by atoms with Crippen LogP contribution in [-0.4, -0.2) is 49.1 Å². The van der Waals surface area contributed by atoms with Crippen LogP contribution in [0.25, 0.3) is 0 Å². The summed E-state index contributed by atoms with van der Waals surface area (Å²) in [4.78, 5) is 12.3. The molecule has 1 aliphatic carbocycles. The first-order chi connectivity index (χ1) is 20.4. The fourth-order valence-corrected chi connectivity index (χ4v) is 6.77. The molecule has 3 heterocycles. The maximum absolute atomic E-state index is 12.3. The molecule has 0 aromatic carbocycles. The lowest BCUT2D eigenvalue weighted by Crippen LogP contribution is -2.28. The maximum atomic E-state index is 12.3. The molecular formula is C35H56O7. The lowest BCUT2D eigenvalue weighted by atomic mass is 9.85. The molecular weight excluding hydrogens is 532 g/mol. The Morgan fingerprint density at radius 1 is 0.905 bits per heavy atom. The fourth-order valence-electron chi connectivity index (χ4n) is 6.77. The third-order valence-electron chi connectivity index (χ3n) is 9.32. The van der Waals surface area contributed by atoms with Crippen LogP contribution >= 0.6 is 0 Å². The molecule has 4 aliphatic rings. The van der Waals surface area contributed by atoms with E-state index in [1.165, 1.54) is 68.9 Å². The van der Waals surface area contributed by atoms with E-state index in [1.54, 1.807) is 0 Å². The van der Waals surface area contributed by atoms with Crippen molar-refractivity contribution in [2.24, 2.45) is 11.8 Å². The van der Waals surface area contributed by atoms with Gasteiger partial charge in [-0.2, -0.15) is 0 Å². The normalized spacial score (nSPS) is 30.0. The predicted octanol–water partition coefficient (Wildman–Crippen LogP) is 8.59. The van der Waals surface area contributed by atoms with Gasteiger partial charge in [0.05, 0.1) is 25.4 Å². The molecule has 0 spiro atoms. The van der Waals surface area contributed by atoms with E-state index < -0.39 is 18.5 Å². The monoisotopic (exact) mass is 588 g/mol. The van der Waals surface area contributed by atoms with Gasteiger partial charge in [0.15, 0.2) is 18.3 Å². The standard InChI is InChI=1S/C35H56O7/c1-25(2)15-9-7-5-4-6-8-10-16-27-20-19-26(3)28(27)23-29-30(40-29)24-31(41-32-17-11-13-21-38-32)34(35(36)37)42-33-18-12-14-22-39-33/h15,27-30,32-33H,3-14,16-24H2,1-2H3,(H,36,37)/t27-,28-,29+,30?,32?,33?/m0/s1. The van der Waals surface area contributed by atoms with Crippen molar-refractivity contribution >= 4 is 5.97 Å². The minimum absolute atomic E-state index is 0.0748. The highest BCUT2D eigenvalue weighted by Gasteiger charge is 2.45. The van der Waals surface area contributed by atoms with Gasteiger partial charge in [0, 0.05) is 19.3 Å². The number of unbranched alkanes of at least 4 members (excludes halogenated alkanes) is 6. The summed E-state index contributed by atoms with van der Waals surface area (Å²) in [6.45, 7) is 9.98. The Labute approximate surface area is 254 Å². The summed E-state index contributed by atoms with van der Waals surface area (Å²) in [5.74, 6) is 0.196. The molecule has 0 aromatic heterocycles. The predicted molar refractivity (Wildman–Crippen MR) is 164 cm³/mol. The van der Waals surface area contributed by atoms with Gasteiger partial charge in [-0.05, 0) is 89.9 Å². The molecule has 3 aliphatic heterocycles. The number of epoxide rings is 1. The van der Waals surface area contributed by atoms with E-state index in [2.05, 4.69) is 26.5 Å². The molecule has 0 amide bonds. The Bertz CT molecular complexity index is 908. The van der Waals surface area contributed by atoms with Crippen molar-refractivity contribution in [2.75, 3.05) is 13.2 Å². The average molecular weight is 589 g/mol. The molecule has 4 fully saturated rings. The van der Waals surface area contributed by atoms with Crippen LogP contribution in [0.1, 0.15) is 129 Å². The highest BCUT2D eigenvalue weighted by atomic mass is 16.7. The summed E-state index contributed by atoms with van der Waals surface area (Å²) in [5, 5.41) is 10.1. The first-order valence-corrected chi connectivity index (χ1v) is 16.9. The van der Waals surface area contributed by atoms with E-state index in [1.807, 2.05) is 0 Å². The van der Waals surface area contributed by atoms with Gasteiger partial charge in [-0.1, -0.05) is 55.9 Å². The smallest absolute Gasteiger partial charge is 0.374 e. The third-order valence-corrected chi connectivity index (χ3v) is 9.32. The van der Waals surface area contributed by atoms with Gasteiger partial charge in [-0.15, -0.1) is 0 Å². The number of carbonyl (C=O) groups is 1. The Hall–Kier alpha value is -1.83. The first kappa shape index (κ1) is 33.1. The largest absolute Gasteiger partial charge is 0.475 e. The highest BCUT2D eigenvalue weighted by molar-refractivity contribution is 5.84. The van der Waals surface area contributed by atoms with Gasteiger partial charge in [-0.3, -0.25) is 0 Å². The lowest BCUT2D eigenvalue weighted by Gasteiger charge is -2.27. The van der Waals surface area contributed by atoms with Crippen molar-refractivity contribution in [3.8, 4) is 0 Å². The Balaban J connectivity index is 1.26. The van der Waals surface area contributed by atoms with Crippen molar-refractivity contribution in [2.45, 2.75) is 154 Å². The molecule has 0 radical (unpaired) electrons. The van der Waals surface area contributed by atoms with Gasteiger partial charge in [-0.25, -0.2) is 4.79 Å². The van der Waals surface area contributed by atoms with Gasteiger partial charge < -0.3 is 28.8 Å². The molecule has 42 heavy (non-hydrogen) atoms. The van der Waals surface area contributed by atoms with Gasteiger partial charge in [0.1, 0.15) is 0 Å². The number of allylic oxidation sites excluding steroid dienone is 3. The number of carboxylic acids is 1. The second-order valence-electron chi connectivity index (χ2n) is 13.1. The van der Waals surface area contributed by atoms with Gasteiger partial charge >= 0.3 is 5.97 Å². The summed E-state index contributed by atoms with van der Waals surface area (Å²) in [5.41, 5.74) is 2.79. The van der Waals surface area contributed by atoms with E-state index in [9.17, 15) is 9.90 Å². The summed E-state index contributed by atoms with van der Waals surface area (Å²) in [6.07, 6.45) is 20.8. The van der Waals surface area contributed by atoms with E-state index in [4.69, 9.17) is 23.7 Å². The van der Waals surface area contributed by atoms with Crippen LogP contribution in [0.4, 0.5) is 0 Å². The maximum Gasteiger partial charge on any atom is 0.374 e. The van der Waals surface area contributed by atoms with Crippen molar-refractivity contribution in [3.63, 3.8) is 0 Å². The highest BCUT2D eigenvalue weighted by Crippen LogP contribution is 2.46. The molecule has 0 aromatic rings. The lowest BCUT2D eigenvalue weighted by molar-refractivity contribution is -0.170. The first-order valence-electron chi connectivity index (χ1n) is 16.9. The molecule has 0 bridgehead atoms. The molecule has 6 atom stereocenters. The van der Waals surface area contributed by atoms with E-state index >= 15 is 0 Å². The molecule has 1 N–H and O–H groups in total. The van der Waals surface area contributed by atoms with Crippen LogP contribution in [0.15, 0.2) is 35.3 Å². The third kappa shape index (κ3) is 11.0. The van der Waals surface area contributed by atoms with Crippen LogP contribution in [0, 0.1) is 11.8 Å². The molecule has 7 nitrogen and oxygen atoms in total. The second kappa shape index (κ2) is 17.5. The molecule has 238 valence electrons. The quantitative estimate of drug-likeness (QED) is 0.0564. The molecule has 3 saturated heterocycles. The number of hydrogen-bond donors (Lipinski definition) is 1. The second-order valence-corrected chi connectivity index (χ2v) is 13.1. The van der Waals surface area contributed by atoms with Crippen LogP contribution in [0.3, 0.4) is 0 Å². The summed E-state index contributed by atoms with van der Waals surface area (Å²) < 4.78 is 29.7. The van der Waals surface area contributed by atoms with Crippen LogP contribution in [0.2, 0.25) is 0 Å². The van der Waals surface area contributed by atoms with Crippen LogP contribution in [0.5, 0.6) is 0 Å². The zero-order valence-electron chi connectivity index (χ0n) is 26.3. The van der Waals surface area contributed by atoms with Crippen molar-refractivity contribution in [1.29, 1.82) is 0 Å². The average Bonchev–Trinajstić information content (AvgIpc) is 3.63. The number of aliphatic carboxylic acids is 1. The van der Waals surface area contributed by atoms with Crippen LogP contribution < -0.4 is 0 Å². The van der Waals surface area contributed by atoms with E-state index in [0.717, 1.165) is 44.9 Å². The van der Waals surface area contributed by atoms with Crippen molar-refractivity contribution in [1.82, 2.24) is 0 Å².